The first-order chi connectivity index (χ1) is 19.6. The van der Waals surface area contributed by atoms with Crippen molar-refractivity contribution in [1.82, 2.24) is 9.55 Å². The van der Waals surface area contributed by atoms with E-state index in [0.717, 1.165) is 44.3 Å². The molecule has 198 valence electrons. The van der Waals surface area contributed by atoms with E-state index in [-0.39, 0.29) is 0 Å². The maximum atomic E-state index is 12.8. The fourth-order valence-electron chi connectivity index (χ4n) is 5.75. The third-order valence-electron chi connectivity index (χ3n) is 7.67. The Kier molecular flexibility index (Phi) is 7.28. The monoisotopic (exact) mass is 604 g/mol. The van der Waals surface area contributed by atoms with Crippen LogP contribution >= 0.6 is 27.3 Å². The predicted molar refractivity (Wildman–Crippen MR) is 167 cm³/mol. The number of aliphatic hydroxyl groups is 1. The first kappa shape index (κ1) is 26.5. The van der Waals surface area contributed by atoms with Crippen LogP contribution in [0, 0.1) is 0 Å². The van der Waals surface area contributed by atoms with Gasteiger partial charge in [0.05, 0.1) is 12.0 Å². The number of nitrogens with zero attached hydrogens (tertiary/aromatic N) is 2. The van der Waals surface area contributed by atoms with Gasteiger partial charge in [-0.3, -0.25) is 0 Å². The Hall–Kier alpha value is -3.77. The summed E-state index contributed by atoms with van der Waals surface area (Å²) < 4.78 is 3.06. The highest BCUT2D eigenvalue weighted by Crippen LogP contribution is 2.44. The van der Waals surface area contributed by atoms with Gasteiger partial charge in [-0.15, -0.1) is 0 Å². The summed E-state index contributed by atoms with van der Waals surface area (Å²) in [6, 6.07) is 39.4. The summed E-state index contributed by atoms with van der Waals surface area (Å²) in [6.07, 6.45) is 4.70. The molecule has 3 nitrogen and oxygen atoms in total. The third kappa shape index (κ3) is 4.35. The van der Waals surface area contributed by atoms with Crippen molar-refractivity contribution >= 4 is 27.3 Å². The maximum Gasteiger partial charge on any atom is 0.159 e. The summed E-state index contributed by atoms with van der Waals surface area (Å²) in [5.74, 6) is 0. The average Bonchev–Trinajstić information content (AvgIpc) is 3.70. The molecule has 0 saturated heterocycles. The molecular weight excluding hydrogens is 576 g/mol. The van der Waals surface area contributed by atoms with Gasteiger partial charge in [0.2, 0.25) is 0 Å². The van der Waals surface area contributed by atoms with Crippen LogP contribution < -0.4 is 0 Å². The first-order valence-corrected chi connectivity index (χ1v) is 15.1. The molecule has 0 spiro atoms. The lowest BCUT2D eigenvalue weighted by atomic mass is 9.76. The number of rotatable bonds is 8. The Labute approximate surface area is 247 Å². The first-order valence-electron chi connectivity index (χ1n) is 13.3. The molecule has 1 N–H and O–H groups in total. The van der Waals surface area contributed by atoms with Crippen molar-refractivity contribution < 1.29 is 5.11 Å². The molecule has 2 aromatic heterocycles. The van der Waals surface area contributed by atoms with Crippen LogP contribution in [0.1, 0.15) is 46.0 Å². The minimum Gasteiger partial charge on any atom is -0.374 e. The Bertz CT molecular complexity index is 1620. The zero-order valence-corrected chi connectivity index (χ0v) is 24.5. The third-order valence-corrected chi connectivity index (χ3v) is 8.96. The highest BCUT2D eigenvalue weighted by Gasteiger charge is 2.42. The van der Waals surface area contributed by atoms with Gasteiger partial charge in [0.15, 0.2) is 5.60 Å². The molecule has 2 heterocycles. The molecule has 0 aliphatic carbocycles. The molecule has 1 unspecified atom stereocenters. The van der Waals surface area contributed by atoms with Gasteiger partial charge >= 0.3 is 0 Å². The standard InChI is InChI=1S/C35H29BrN2OS/c1-2-26-23-40-24-32(26)35(39,30-19-12-20-31(36)21-30)33-22-38(25-37-33)34(27-13-6-3-7-14-27,28-15-8-4-9-16-28)29-17-10-5-11-18-29/h3-25,39H,2H2,1H3. The number of benzene rings is 4. The molecule has 5 heteroatoms. The topological polar surface area (TPSA) is 38.0 Å². The normalized spacial score (nSPS) is 13.2. The largest absolute Gasteiger partial charge is 0.374 e. The fraction of sp³-hybridized carbons (Fsp3) is 0.114. The quantitative estimate of drug-likeness (QED) is 0.177. The van der Waals surface area contributed by atoms with Crippen molar-refractivity contribution in [2.45, 2.75) is 24.5 Å². The number of imidazole rings is 1. The molecule has 6 aromatic rings. The van der Waals surface area contributed by atoms with Gasteiger partial charge in [0.25, 0.3) is 0 Å². The van der Waals surface area contributed by atoms with E-state index in [1.54, 1.807) is 11.3 Å². The molecule has 1 atom stereocenters. The molecule has 0 aliphatic rings. The molecule has 6 rings (SSSR count). The van der Waals surface area contributed by atoms with Crippen molar-refractivity contribution in [2.75, 3.05) is 0 Å². The summed E-state index contributed by atoms with van der Waals surface area (Å²) in [7, 11) is 0. The molecule has 4 aromatic carbocycles. The van der Waals surface area contributed by atoms with Crippen LogP contribution in [0.3, 0.4) is 0 Å². The van der Waals surface area contributed by atoms with Crippen LogP contribution in [0.2, 0.25) is 0 Å². The van der Waals surface area contributed by atoms with Gasteiger partial charge in [-0.25, -0.2) is 4.98 Å². The number of hydrogen-bond donors (Lipinski definition) is 1. The lowest BCUT2D eigenvalue weighted by molar-refractivity contribution is 0.120. The van der Waals surface area contributed by atoms with Gasteiger partial charge in [0, 0.05) is 16.2 Å². The lowest BCUT2D eigenvalue weighted by Crippen LogP contribution is -2.37. The zero-order chi connectivity index (χ0) is 27.6. The Morgan fingerprint density at radius 3 is 1.82 bits per heavy atom. The maximum absolute atomic E-state index is 12.8. The van der Waals surface area contributed by atoms with Crippen molar-refractivity contribution in [2.24, 2.45) is 0 Å². The summed E-state index contributed by atoms with van der Waals surface area (Å²) in [5.41, 5.74) is 4.49. The van der Waals surface area contributed by atoms with Crippen LogP contribution in [-0.4, -0.2) is 14.7 Å². The number of aromatic nitrogens is 2. The van der Waals surface area contributed by atoms with E-state index >= 15 is 0 Å². The van der Waals surface area contributed by atoms with E-state index in [0.29, 0.717) is 5.69 Å². The van der Waals surface area contributed by atoms with Gasteiger partial charge in [-0.2, -0.15) is 11.3 Å². The highest BCUT2D eigenvalue weighted by atomic mass is 79.9. The average molecular weight is 606 g/mol. The lowest BCUT2D eigenvalue weighted by Gasteiger charge is -2.37. The van der Waals surface area contributed by atoms with Crippen LogP contribution in [0.25, 0.3) is 0 Å². The molecular formula is C35H29BrN2OS. The Balaban J connectivity index is 1.66. The molecule has 0 saturated carbocycles. The van der Waals surface area contributed by atoms with E-state index in [9.17, 15) is 5.11 Å². The fourth-order valence-corrected chi connectivity index (χ4v) is 7.13. The molecule has 0 aliphatic heterocycles. The van der Waals surface area contributed by atoms with Gasteiger partial charge in [-0.05, 0) is 57.1 Å². The van der Waals surface area contributed by atoms with Crippen LogP contribution in [0.4, 0.5) is 0 Å². The Morgan fingerprint density at radius 2 is 1.30 bits per heavy atom. The van der Waals surface area contributed by atoms with Gasteiger partial charge < -0.3 is 9.67 Å². The van der Waals surface area contributed by atoms with E-state index < -0.39 is 11.1 Å². The second-order valence-corrected chi connectivity index (χ2v) is 11.5. The minimum absolute atomic E-state index is 0.575. The van der Waals surface area contributed by atoms with Crippen molar-refractivity contribution in [3.05, 3.63) is 182 Å². The zero-order valence-electron chi connectivity index (χ0n) is 22.1. The van der Waals surface area contributed by atoms with Crippen LogP contribution in [0.5, 0.6) is 0 Å². The van der Waals surface area contributed by atoms with Crippen molar-refractivity contribution in [3.8, 4) is 0 Å². The minimum atomic E-state index is -1.43. The molecule has 0 fully saturated rings. The molecule has 0 bridgehead atoms. The van der Waals surface area contributed by atoms with Crippen molar-refractivity contribution in [1.29, 1.82) is 0 Å². The molecule has 0 radical (unpaired) electrons. The van der Waals surface area contributed by atoms with Crippen molar-refractivity contribution in [3.63, 3.8) is 0 Å². The van der Waals surface area contributed by atoms with E-state index in [1.165, 1.54) is 0 Å². The van der Waals surface area contributed by atoms with E-state index in [4.69, 9.17) is 4.98 Å². The predicted octanol–water partition coefficient (Wildman–Crippen LogP) is 8.39. The van der Waals surface area contributed by atoms with E-state index in [2.05, 4.69) is 111 Å². The number of hydrogen-bond acceptors (Lipinski definition) is 3. The second kappa shape index (κ2) is 11.0. The van der Waals surface area contributed by atoms with Gasteiger partial charge in [0.1, 0.15) is 5.54 Å². The van der Waals surface area contributed by atoms with Crippen LogP contribution in [0.15, 0.2) is 143 Å². The SMILES string of the molecule is CCc1cscc1C(O)(c1cccc(Br)c1)c1cn(C(c2ccccc2)(c2ccccc2)c2ccccc2)cn1. The molecule has 0 amide bonds. The number of thiophene rings is 1. The number of halogens is 1. The van der Waals surface area contributed by atoms with Gasteiger partial charge in [-0.1, -0.05) is 126 Å². The summed E-state index contributed by atoms with van der Waals surface area (Å²) >= 11 is 5.23. The number of aryl methyl sites for hydroxylation is 1. The summed E-state index contributed by atoms with van der Waals surface area (Å²) in [6.45, 7) is 2.12. The smallest absolute Gasteiger partial charge is 0.159 e. The molecule has 40 heavy (non-hydrogen) atoms. The highest BCUT2D eigenvalue weighted by molar-refractivity contribution is 9.10. The summed E-state index contributed by atoms with van der Waals surface area (Å²) in [4.78, 5) is 4.97. The Morgan fingerprint density at radius 1 is 0.750 bits per heavy atom. The van der Waals surface area contributed by atoms with E-state index in [1.807, 2.05) is 55.0 Å². The second-order valence-electron chi connectivity index (χ2n) is 9.86. The van der Waals surface area contributed by atoms with Crippen LogP contribution in [-0.2, 0) is 17.6 Å². The summed E-state index contributed by atoms with van der Waals surface area (Å²) in [5, 5.41) is 16.9.